The topological polar surface area (TPSA) is 12.9 Å². The van der Waals surface area contributed by atoms with Crippen molar-refractivity contribution in [2.24, 2.45) is 0 Å². The van der Waals surface area contributed by atoms with Gasteiger partial charge in [-0.2, -0.15) is 0 Å². The van der Waals surface area contributed by atoms with Crippen LogP contribution >= 0.6 is 28.3 Å². The zero-order valence-electron chi connectivity index (χ0n) is 5.97. The highest BCUT2D eigenvalue weighted by molar-refractivity contribution is 9.08. The van der Waals surface area contributed by atoms with E-state index in [2.05, 4.69) is 20.9 Å². The summed E-state index contributed by atoms with van der Waals surface area (Å²) in [5.41, 5.74) is 1.32. The monoisotopic (exact) mass is 239 g/mol. The van der Waals surface area contributed by atoms with Gasteiger partial charge < -0.3 is 0 Å². The number of aryl methyl sites for hydroxylation is 1. The van der Waals surface area contributed by atoms with Crippen LogP contribution < -0.4 is 0 Å². The van der Waals surface area contributed by atoms with Crippen LogP contribution in [0.2, 0.25) is 0 Å². The molecule has 0 atom stereocenters. The van der Waals surface area contributed by atoms with E-state index in [0.717, 1.165) is 5.69 Å². The van der Waals surface area contributed by atoms with Crippen LogP contribution in [0.15, 0.2) is 12.1 Å². The van der Waals surface area contributed by atoms with Gasteiger partial charge in [-0.05, 0) is 19.1 Å². The average molecular weight is 241 g/mol. The van der Waals surface area contributed by atoms with E-state index in [1.54, 1.807) is 6.07 Å². The van der Waals surface area contributed by atoms with E-state index in [0.29, 0.717) is 11.0 Å². The molecule has 1 rings (SSSR count). The zero-order valence-corrected chi connectivity index (χ0v) is 8.38. The molecule has 0 aliphatic carbocycles. The van der Waals surface area contributed by atoms with E-state index in [1.807, 2.05) is 6.92 Å². The molecule has 0 fully saturated rings. The van der Waals surface area contributed by atoms with Crippen LogP contribution in [-0.2, 0) is 5.33 Å². The summed E-state index contributed by atoms with van der Waals surface area (Å²) in [7, 11) is 0. The Morgan fingerprint density at radius 1 is 1.55 bits per heavy atom. The second kappa shape index (κ2) is 4.67. The molecule has 1 heterocycles. The number of pyridine rings is 1. The van der Waals surface area contributed by atoms with Gasteiger partial charge in [0.25, 0.3) is 0 Å². The molecule has 0 saturated carbocycles. The van der Waals surface area contributed by atoms with Crippen molar-refractivity contribution < 1.29 is 4.39 Å². The molecule has 0 aromatic carbocycles. The number of aromatic nitrogens is 1. The van der Waals surface area contributed by atoms with Gasteiger partial charge in [0.1, 0.15) is 5.82 Å². The van der Waals surface area contributed by atoms with Crippen molar-refractivity contribution in [1.29, 1.82) is 0 Å². The fraction of sp³-hybridized carbons (Fsp3) is 0.286. The second-order valence-corrected chi connectivity index (χ2v) is 2.58. The fourth-order valence-electron chi connectivity index (χ4n) is 0.687. The first-order chi connectivity index (χ1) is 4.74. The molecule has 1 aromatic heterocycles. The molecule has 0 bridgehead atoms. The van der Waals surface area contributed by atoms with Gasteiger partial charge in [-0.1, -0.05) is 15.9 Å². The highest BCUT2D eigenvalue weighted by atomic mass is 79.9. The van der Waals surface area contributed by atoms with E-state index in [1.165, 1.54) is 6.07 Å². The first-order valence-corrected chi connectivity index (χ1v) is 4.04. The van der Waals surface area contributed by atoms with Gasteiger partial charge in [0, 0.05) is 11.0 Å². The molecule has 4 heteroatoms. The van der Waals surface area contributed by atoms with Gasteiger partial charge in [0.05, 0.1) is 5.69 Å². The van der Waals surface area contributed by atoms with Crippen LogP contribution in [0.4, 0.5) is 4.39 Å². The molecule has 0 unspecified atom stereocenters. The van der Waals surface area contributed by atoms with Crippen molar-refractivity contribution in [2.45, 2.75) is 12.3 Å². The van der Waals surface area contributed by atoms with Gasteiger partial charge in [0.15, 0.2) is 0 Å². The van der Waals surface area contributed by atoms with Gasteiger partial charge in [-0.25, -0.2) is 4.39 Å². The molecule has 1 aromatic rings. The number of halogens is 3. The lowest BCUT2D eigenvalue weighted by atomic mass is 10.3. The van der Waals surface area contributed by atoms with Crippen LogP contribution in [0, 0.1) is 12.7 Å². The summed E-state index contributed by atoms with van der Waals surface area (Å²) >= 11 is 3.14. The smallest absolute Gasteiger partial charge is 0.145 e. The zero-order chi connectivity index (χ0) is 7.56. The molecular formula is C7H8BrClFN. The number of alkyl halides is 1. The predicted molar refractivity (Wildman–Crippen MR) is 48.8 cm³/mol. The Balaban J connectivity index is 0.000001000. The summed E-state index contributed by atoms with van der Waals surface area (Å²) in [6.45, 7) is 1.84. The van der Waals surface area contributed by atoms with Crippen molar-refractivity contribution in [2.75, 3.05) is 0 Å². The van der Waals surface area contributed by atoms with Gasteiger partial charge in [-0.3, -0.25) is 4.98 Å². The normalized spacial score (nSPS) is 9.00. The van der Waals surface area contributed by atoms with E-state index < -0.39 is 0 Å². The first kappa shape index (κ1) is 10.8. The maximum atomic E-state index is 12.7. The number of hydrogen-bond acceptors (Lipinski definition) is 1. The summed E-state index contributed by atoms with van der Waals surface area (Å²) < 4.78 is 12.7. The first-order valence-electron chi connectivity index (χ1n) is 2.92. The maximum Gasteiger partial charge on any atom is 0.145 e. The summed E-state index contributed by atoms with van der Waals surface area (Å²) in [4.78, 5) is 3.97. The van der Waals surface area contributed by atoms with Crippen LogP contribution in [0.3, 0.4) is 0 Å². The van der Waals surface area contributed by atoms with E-state index in [-0.39, 0.29) is 18.2 Å². The molecule has 0 spiro atoms. The van der Waals surface area contributed by atoms with Gasteiger partial charge in [-0.15, -0.1) is 12.4 Å². The predicted octanol–water partition coefficient (Wildman–Crippen LogP) is 2.85. The lowest BCUT2D eigenvalue weighted by molar-refractivity contribution is 0.607. The van der Waals surface area contributed by atoms with Crippen LogP contribution in [0.1, 0.15) is 11.4 Å². The third kappa shape index (κ3) is 2.75. The Morgan fingerprint density at radius 3 is 2.64 bits per heavy atom. The van der Waals surface area contributed by atoms with E-state index in [4.69, 9.17) is 0 Å². The Morgan fingerprint density at radius 2 is 2.18 bits per heavy atom. The molecular weight excluding hydrogens is 232 g/mol. The molecule has 11 heavy (non-hydrogen) atoms. The quantitative estimate of drug-likeness (QED) is 0.688. The Hall–Kier alpha value is -0.150. The lowest BCUT2D eigenvalue weighted by Gasteiger charge is -1.97. The summed E-state index contributed by atoms with van der Waals surface area (Å²) in [6.07, 6.45) is 0. The highest BCUT2D eigenvalue weighted by Gasteiger charge is 1.99. The van der Waals surface area contributed by atoms with Crippen LogP contribution in [0.5, 0.6) is 0 Å². The molecule has 0 aliphatic heterocycles. The third-order valence-corrected chi connectivity index (χ3v) is 1.72. The van der Waals surface area contributed by atoms with Crippen molar-refractivity contribution in [3.63, 3.8) is 0 Å². The molecule has 0 aliphatic rings. The van der Waals surface area contributed by atoms with E-state index >= 15 is 0 Å². The molecule has 0 amide bonds. The number of rotatable bonds is 1. The third-order valence-electron chi connectivity index (χ3n) is 1.18. The average Bonchev–Trinajstić information content (AvgIpc) is 1.94. The maximum absolute atomic E-state index is 12.7. The Labute approximate surface area is 79.6 Å². The van der Waals surface area contributed by atoms with Crippen molar-refractivity contribution in [3.05, 3.63) is 29.3 Å². The molecule has 62 valence electrons. The largest absolute Gasteiger partial charge is 0.254 e. The summed E-state index contributed by atoms with van der Waals surface area (Å²) in [5.74, 6) is -0.248. The molecule has 0 radical (unpaired) electrons. The highest BCUT2D eigenvalue weighted by Crippen LogP contribution is 2.08. The fourth-order valence-corrected chi connectivity index (χ4v) is 1.08. The minimum Gasteiger partial charge on any atom is -0.254 e. The summed E-state index contributed by atoms with van der Waals surface area (Å²) in [6, 6.07) is 3.08. The van der Waals surface area contributed by atoms with Crippen molar-refractivity contribution in [1.82, 2.24) is 4.98 Å². The van der Waals surface area contributed by atoms with Crippen molar-refractivity contribution in [3.8, 4) is 0 Å². The van der Waals surface area contributed by atoms with Crippen LogP contribution in [0.25, 0.3) is 0 Å². The van der Waals surface area contributed by atoms with Crippen LogP contribution in [-0.4, -0.2) is 4.98 Å². The molecule has 1 nitrogen and oxygen atoms in total. The SMILES string of the molecule is Cc1ccc(F)c(CBr)n1.Cl. The molecule has 0 N–H and O–H groups in total. The Bertz CT molecular complexity index is 242. The number of nitrogens with zero attached hydrogens (tertiary/aromatic N) is 1. The minimum absolute atomic E-state index is 0. The molecule has 0 saturated heterocycles. The minimum atomic E-state index is -0.248. The number of hydrogen-bond donors (Lipinski definition) is 0. The Kier molecular flexibility index (Phi) is 4.61. The van der Waals surface area contributed by atoms with E-state index in [9.17, 15) is 4.39 Å². The standard InChI is InChI=1S/C7H7BrFN.ClH/c1-5-2-3-6(9)7(4-8)10-5;/h2-3H,4H2,1H3;1H. The van der Waals surface area contributed by atoms with Gasteiger partial charge >= 0.3 is 0 Å². The van der Waals surface area contributed by atoms with Crippen molar-refractivity contribution >= 4 is 28.3 Å². The van der Waals surface area contributed by atoms with Gasteiger partial charge in [0.2, 0.25) is 0 Å². The second-order valence-electron chi connectivity index (χ2n) is 2.01. The summed E-state index contributed by atoms with van der Waals surface area (Å²) in [5, 5.41) is 0.473. The lowest BCUT2D eigenvalue weighted by Crippen LogP contribution is -1.92.